The molecular formula is C20H28FN3O5. The van der Waals surface area contributed by atoms with E-state index in [1.807, 2.05) is 0 Å². The van der Waals surface area contributed by atoms with E-state index in [0.717, 1.165) is 31.6 Å². The minimum absolute atomic E-state index is 0.0984. The van der Waals surface area contributed by atoms with E-state index in [-0.39, 0.29) is 24.6 Å². The lowest BCUT2D eigenvalue weighted by Gasteiger charge is -2.40. The molecule has 1 saturated carbocycles. The van der Waals surface area contributed by atoms with E-state index in [0.29, 0.717) is 18.4 Å². The van der Waals surface area contributed by atoms with Gasteiger partial charge in [-0.25, -0.2) is 9.78 Å². The number of pyridine rings is 1. The highest BCUT2D eigenvalue weighted by atomic mass is 19.3. The molecule has 8 nitrogen and oxygen atoms in total. The molecule has 0 bridgehead atoms. The normalized spacial score (nSPS) is 16.9. The monoisotopic (exact) mass is 409 g/mol. The van der Waals surface area contributed by atoms with Crippen molar-refractivity contribution in [2.75, 3.05) is 31.7 Å². The van der Waals surface area contributed by atoms with Gasteiger partial charge in [0.05, 0.1) is 12.7 Å². The van der Waals surface area contributed by atoms with Crippen LogP contribution >= 0.6 is 0 Å². The van der Waals surface area contributed by atoms with Gasteiger partial charge in [-0.2, -0.15) is 0 Å². The Balaban J connectivity index is 1.79. The summed E-state index contributed by atoms with van der Waals surface area (Å²) in [6.07, 6.45) is 2.80. The molecule has 1 amide bonds. The van der Waals surface area contributed by atoms with Crippen molar-refractivity contribution in [2.24, 2.45) is 5.92 Å². The third-order valence-corrected chi connectivity index (χ3v) is 5.77. The summed E-state index contributed by atoms with van der Waals surface area (Å²) in [4.78, 5) is 34.5. The van der Waals surface area contributed by atoms with Crippen LogP contribution in [-0.2, 0) is 14.5 Å². The maximum Gasteiger partial charge on any atom is 0.373 e. The van der Waals surface area contributed by atoms with E-state index in [1.54, 1.807) is 33.1 Å². The SMILES string of the molecule is CCC(CC)(NC(=O)c1ccc(N2CC(OC)C2)c(OCC2CC2)n1)C(=O)OF. The number of methoxy groups -OCH3 is 1. The average molecular weight is 409 g/mol. The van der Waals surface area contributed by atoms with Gasteiger partial charge in [0.15, 0.2) is 0 Å². The third kappa shape index (κ3) is 4.60. The number of anilines is 1. The van der Waals surface area contributed by atoms with Crippen LogP contribution in [0.2, 0.25) is 0 Å². The highest BCUT2D eigenvalue weighted by Gasteiger charge is 2.40. The second kappa shape index (κ2) is 8.94. The Labute approximate surface area is 169 Å². The fourth-order valence-corrected chi connectivity index (χ4v) is 3.29. The van der Waals surface area contributed by atoms with E-state index < -0.39 is 17.4 Å². The summed E-state index contributed by atoms with van der Waals surface area (Å²) < 4.78 is 23.8. The molecule has 0 spiro atoms. The fourth-order valence-electron chi connectivity index (χ4n) is 3.29. The molecule has 2 fully saturated rings. The quantitative estimate of drug-likeness (QED) is 0.635. The Hall–Kier alpha value is -2.42. The first-order valence-electron chi connectivity index (χ1n) is 10.0. The van der Waals surface area contributed by atoms with Crippen LogP contribution in [0.4, 0.5) is 10.2 Å². The molecular weight excluding hydrogens is 381 g/mol. The first-order valence-corrected chi connectivity index (χ1v) is 10.0. The molecule has 1 N–H and O–H groups in total. The molecule has 2 heterocycles. The van der Waals surface area contributed by atoms with Gasteiger partial charge in [-0.3, -0.25) is 9.74 Å². The molecule has 1 aliphatic heterocycles. The Morgan fingerprint density at radius 3 is 2.52 bits per heavy atom. The number of hydrogen-bond donors (Lipinski definition) is 1. The number of amides is 1. The van der Waals surface area contributed by atoms with E-state index in [4.69, 9.17) is 9.47 Å². The van der Waals surface area contributed by atoms with E-state index >= 15 is 0 Å². The number of hydrogen-bond acceptors (Lipinski definition) is 7. The van der Waals surface area contributed by atoms with Gasteiger partial charge in [-0.15, -0.1) is 0 Å². The Morgan fingerprint density at radius 1 is 1.28 bits per heavy atom. The van der Waals surface area contributed by atoms with Crippen LogP contribution in [-0.4, -0.2) is 55.3 Å². The first kappa shape index (κ1) is 21.3. The number of nitrogens with one attached hydrogen (secondary N) is 1. The van der Waals surface area contributed by atoms with Gasteiger partial charge < -0.3 is 19.7 Å². The zero-order chi connectivity index (χ0) is 21.0. The molecule has 3 rings (SSSR count). The Kier molecular flexibility index (Phi) is 6.56. The van der Waals surface area contributed by atoms with E-state index in [9.17, 15) is 14.1 Å². The van der Waals surface area contributed by atoms with Crippen LogP contribution in [0.15, 0.2) is 12.1 Å². The molecule has 1 aromatic heterocycles. The van der Waals surface area contributed by atoms with Gasteiger partial charge in [0.2, 0.25) is 5.88 Å². The maximum atomic E-state index is 12.8. The molecule has 0 atom stereocenters. The van der Waals surface area contributed by atoms with Crippen LogP contribution in [0.1, 0.15) is 50.0 Å². The molecule has 9 heteroatoms. The lowest BCUT2D eigenvalue weighted by molar-refractivity contribution is -0.192. The van der Waals surface area contributed by atoms with Crippen LogP contribution < -0.4 is 15.0 Å². The molecule has 1 saturated heterocycles. The zero-order valence-electron chi connectivity index (χ0n) is 17.1. The maximum absolute atomic E-state index is 12.8. The van der Waals surface area contributed by atoms with Crippen LogP contribution in [0, 0.1) is 5.92 Å². The summed E-state index contributed by atoms with van der Waals surface area (Å²) in [6.45, 7) is 5.35. The van der Waals surface area contributed by atoms with Gasteiger partial charge in [0, 0.05) is 24.7 Å². The highest BCUT2D eigenvalue weighted by Crippen LogP contribution is 2.34. The molecule has 2 aliphatic rings. The third-order valence-electron chi connectivity index (χ3n) is 5.77. The van der Waals surface area contributed by atoms with Crippen molar-refractivity contribution in [3.8, 4) is 5.88 Å². The number of aromatic nitrogens is 1. The van der Waals surface area contributed by atoms with Crippen molar-refractivity contribution in [3.05, 3.63) is 17.8 Å². The number of carbonyl (C=O) groups excluding carboxylic acids is 2. The van der Waals surface area contributed by atoms with Crippen molar-refractivity contribution in [1.82, 2.24) is 10.3 Å². The van der Waals surface area contributed by atoms with Crippen molar-refractivity contribution in [1.29, 1.82) is 0 Å². The number of ether oxygens (including phenoxy) is 2. The highest BCUT2D eigenvalue weighted by molar-refractivity contribution is 5.97. The molecule has 0 unspecified atom stereocenters. The van der Waals surface area contributed by atoms with E-state index in [1.165, 1.54) is 0 Å². The van der Waals surface area contributed by atoms with Crippen LogP contribution in [0.5, 0.6) is 5.88 Å². The zero-order valence-corrected chi connectivity index (χ0v) is 17.1. The van der Waals surface area contributed by atoms with Crippen molar-refractivity contribution in [3.63, 3.8) is 0 Å². The molecule has 0 radical (unpaired) electrons. The summed E-state index contributed by atoms with van der Waals surface area (Å²) in [5.41, 5.74) is -0.540. The molecule has 29 heavy (non-hydrogen) atoms. The molecule has 1 aromatic rings. The summed E-state index contributed by atoms with van der Waals surface area (Å²) in [7, 11) is 1.67. The number of carbonyl (C=O) groups is 2. The summed E-state index contributed by atoms with van der Waals surface area (Å²) in [6, 6.07) is 3.36. The van der Waals surface area contributed by atoms with Crippen molar-refractivity contribution >= 4 is 17.6 Å². The fraction of sp³-hybridized carbons (Fsp3) is 0.650. The second-order valence-corrected chi connectivity index (χ2v) is 7.65. The predicted octanol–water partition coefficient (Wildman–Crippen LogP) is 2.42. The average Bonchev–Trinajstić information content (AvgIpc) is 3.54. The van der Waals surface area contributed by atoms with Gasteiger partial charge >= 0.3 is 5.97 Å². The van der Waals surface area contributed by atoms with Crippen LogP contribution in [0.25, 0.3) is 0 Å². The largest absolute Gasteiger partial charge is 0.476 e. The number of rotatable bonds is 10. The van der Waals surface area contributed by atoms with E-state index in [2.05, 4.69) is 20.1 Å². The van der Waals surface area contributed by atoms with Gasteiger partial charge in [0.1, 0.15) is 16.9 Å². The minimum atomic E-state index is -1.44. The Bertz CT molecular complexity index is 746. The van der Waals surface area contributed by atoms with Gasteiger partial charge in [-0.05, 0) is 43.7 Å². The molecule has 1 aliphatic carbocycles. The first-order chi connectivity index (χ1) is 14.0. The lowest BCUT2D eigenvalue weighted by atomic mass is 9.92. The van der Waals surface area contributed by atoms with Crippen molar-refractivity contribution in [2.45, 2.75) is 51.2 Å². The summed E-state index contributed by atoms with van der Waals surface area (Å²) in [5, 5.41) is 2.59. The topological polar surface area (TPSA) is 90.0 Å². The Morgan fingerprint density at radius 2 is 1.97 bits per heavy atom. The number of nitrogens with zero attached hydrogens (tertiary/aromatic N) is 2. The van der Waals surface area contributed by atoms with Crippen molar-refractivity contribution < 1.29 is 28.5 Å². The summed E-state index contributed by atoms with van der Waals surface area (Å²) >= 11 is 0. The van der Waals surface area contributed by atoms with Gasteiger partial charge in [-0.1, -0.05) is 13.8 Å². The number of halogens is 1. The minimum Gasteiger partial charge on any atom is -0.476 e. The molecule has 160 valence electrons. The molecule has 0 aromatic carbocycles. The second-order valence-electron chi connectivity index (χ2n) is 7.65. The van der Waals surface area contributed by atoms with Gasteiger partial charge in [0.25, 0.3) is 5.91 Å². The lowest BCUT2D eigenvalue weighted by Crippen LogP contribution is -2.54. The summed E-state index contributed by atoms with van der Waals surface area (Å²) in [5.74, 6) is -0.799. The standard InChI is InChI=1S/C20H28FN3O5/c1-4-20(5-2,19(26)29-21)23-17(25)15-8-9-16(24-10-14(11-24)27-3)18(22-15)28-12-13-6-7-13/h8-9,13-14H,4-7,10-12H2,1-3H3,(H,23,25). The predicted molar refractivity (Wildman–Crippen MR) is 103 cm³/mol. The van der Waals surface area contributed by atoms with Crippen LogP contribution in [0.3, 0.4) is 0 Å². The smallest absolute Gasteiger partial charge is 0.373 e.